The summed E-state index contributed by atoms with van der Waals surface area (Å²) in [7, 11) is 0. The molecule has 0 aliphatic carbocycles. The maximum Gasteiger partial charge on any atom is 0.0662 e. The lowest BCUT2D eigenvalue weighted by atomic mass is 10.0. The maximum absolute atomic E-state index is 10.7. The van der Waals surface area contributed by atoms with Gasteiger partial charge in [0.2, 0.25) is 0 Å². The first-order valence-corrected chi connectivity index (χ1v) is 9.81. The van der Waals surface area contributed by atoms with Crippen LogP contribution in [-0.4, -0.2) is 16.5 Å². The Morgan fingerprint density at radius 2 is 1.67 bits per heavy atom. The van der Waals surface area contributed by atoms with Crippen LogP contribution in [-0.2, 0) is 6.42 Å². The van der Waals surface area contributed by atoms with Gasteiger partial charge in [0.1, 0.15) is 0 Å². The fraction of sp³-hybridized carbons (Fsp3) is 0.429. The number of thioether (sulfide) groups is 1. The molecule has 2 nitrogen and oxygen atoms in total. The summed E-state index contributed by atoms with van der Waals surface area (Å²) in [6.07, 6.45) is 5.91. The Balaban J connectivity index is 1.89. The van der Waals surface area contributed by atoms with Crippen molar-refractivity contribution in [2.24, 2.45) is 0 Å². The third-order valence-corrected chi connectivity index (χ3v) is 5.76. The Hall–Kier alpha value is -1.45. The fourth-order valence-electron chi connectivity index (χ4n) is 2.83. The topological polar surface area (TPSA) is 46.2 Å². The Morgan fingerprint density at radius 3 is 2.38 bits per heavy atom. The monoisotopic (exact) mass is 343 g/mol. The van der Waals surface area contributed by atoms with Crippen LogP contribution in [0.15, 0.2) is 59.5 Å². The number of aliphatic hydroxyl groups is 1. The molecule has 0 aromatic heterocycles. The van der Waals surface area contributed by atoms with Crippen molar-refractivity contribution in [1.82, 2.24) is 0 Å². The fourth-order valence-corrected chi connectivity index (χ4v) is 4.10. The molecular formula is C21H29NOS. The smallest absolute Gasteiger partial charge is 0.0662 e. The molecule has 3 N–H and O–H groups in total. The SMILES string of the molecule is CCCCC(Sc1ccccc1N)C(O)CCCc1ccccc1. The lowest BCUT2D eigenvalue weighted by molar-refractivity contribution is 0.154. The quantitative estimate of drug-likeness (QED) is 0.454. The number of hydrogen-bond acceptors (Lipinski definition) is 3. The predicted molar refractivity (Wildman–Crippen MR) is 105 cm³/mol. The van der Waals surface area contributed by atoms with E-state index in [1.165, 1.54) is 5.56 Å². The van der Waals surface area contributed by atoms with Crippen LogP contribution in [0.1, 0.15) is 44.6 Å². The third kappa shape index (κ3) is 6.21. The third-order valence-electron chi connectivity index (χ3n) is 4.28. The minimum absolute atomic E-state index is 0.213. The van der Waals surface area contributed by atoms with Crippen LogP contribution >= 0.6 is 11.8 Å². The molecule has 0 amide bonds. The van der Waals surface area contributed by atoms with Crippen molar-refractivity contribution in [1.29, 1.82) is 0 Å². The van der Waals surface area contributed by atoms with Gasteiger partial charge in [0.25, 0.3) is 0 Å². The molecule has 0 heterocycles. The van der Waals surface area contributed by atoms with Crippen LogP contribution in [0.2, 0.25) is 0 Å². The van der Waals surface area contributed by atoms with E-state index < -0.39 is 0 Å². The van der Waals surface area contributed by atoms with Crippen LogP contribution in [0.5, 0.6) is 0 Å². The van der Waals surface area contributed by atoms with Gasteiger partial charge in [-0.3, -0.25) is 0 Å². The summed E-state index contributed by atoms with van der Waals surface area (Å²) in [4.78, 5) is 1.08. The first-order valence-electron chi connectivity index (χ1n) is 8.94. The molecule has 2 aromatic carbocycles. The van der Waals surface area contributed by atoms with E-state index in [1.807, 2.05) is 24.3 Å². The Kier molecular flexibility index (Phi) is 8.20. The molecule has 2 rings (SSSR count). The molecule has 24 heavy (non-hydrogen) atoms. The number of benzene rings is 2. The molecule has 2 atom stereocenters. The highest BCUT2D eigenvalue weighted by Gasteiger charge is 2.20. The maximum atomic E-state index is 10.7. The highest BCUT2D eigenvalue weighted by atomic mass is 32.2. The molecule has 130 valence electrons. The number of aryl methyl sites for hydroxylation is 1. The number of hydrogen-bond donors (Lipinski definition) is 2. The summed E-state index contributed by atoms with van der Waals surface area (Å²) in [6.45, 7) is 2.19. The lowest BCUT2D eigenvalue weighted by Crippen LogP contribution is -2.23. The van der Waals surface area contributed by atoms with E-state index in [4.69, 9.17) is 5.73 Å². The minimum atomic E-state index is -0.287. The number of unbranched alkanes of at least 4 members (excludes halogenated alkanes) is 1. The van der Waals surface area contributed by atoms with Gasteiger partial charge in [-0.25, -0.2) is 0 Å². The Labute approximate surface area is 150 Å². The van der Waals surface area contributed by atoms with Crippen molar-refractivity contribution < 1.29 is 5.11 Å². The molecule has 2 aromatic rings. The van der Waals surface area contributed by atoms with E-state index in [2.05, 4.69) is 37.3 Å². The standard InChI is InChI=1S/C21H29NOS/c1-2-3-15-21(24-20-16-8-7-13-18(20)22)19(23)14-9-12-17-10-5-4-6-11-17/h4-8,10-11,13,16,19,21,23H,2-3,9,12,14-15,22H2,1H3. The van der Waals surface area contributed by atoms with E-state index in [0.29, 0.717) is 0 Å². The molecule has 0 saturated carbocycles. The molecule has 0 radical (unpaired) electrons. The normalized spacial score (nSPS) is 13.6. The lowest BCUT2D eigenvalue weighted by Gasteiger charge is -2.23. The van der Waals surface area contributed by atoms with Crippen molar-refractivity contribution >= 4 is 17.4 Å². The number of aliphatic hydroxyl groups excluding tert-OH is 1. The number of rotatable bonds is 10. The van der Waals surface area contributed by atoms with Gasteiger partial charge in [0.15, 0.2) is 0 Å². The molecule has 0 saturated heterocycles. The van der Waals surface area contributed by atoms with Gasteiger partial charge in [-0.05, 0) is 43.4 Å². The van der Waals surface area contributed by atoms with Gasteiger partial charge >= 0.3 is 0 Å². The van der Waals surface area contributed by atoms with Crippen LogP contribution in [0.25, 0.3) is 0 Å². The first-order chi connectivity index (χ1) is 11.7. The second-order valence-corrected chi connectivity index (χ2v) is 7.56. The van der Waals surface area contributed by atoms with Crippen molar-refractivity contribution in [3.63, 3.8) is 0 Å². The molecule has 0 aliphatic rings. The molecule has 0 bridgehead atoms. The van der Waals surface area contributed by atoms with Gasteiger partial charge in [-0.2, -0.15) is 0 Å². The average molecular weight is 344 g/mol. The van der Waals surface area contributed by atoms with E-state index in [-0.39, 0.29) is 11.4 Å². The van der Waals surface area contributed by atoms with E-state index >= 15 is 0 Å². The summed E-state index contributed by atoms with van der Waals surface area (Å²) in [5, 5.41) is 10.9. The van der Waals surface area contributed by atoms with Crippen LogP contribution in [0.3, 0.4) is 0 Å². The van der Waals surface area contributed by atoms with Gasteiger partial charge in [-0.15, -0.1) is 11.8 Å². The first kappa shape index (κ1) is 18.9. The van der Waals surface area contributed by atoms with Crippen molar-refractivity contribution in [3.8, 4) is 0 Å². The predicted octanol–water partition coefficient (Wildman–Crippen LogP) is 5.30. The molecule has 2 unspecified atom stereocenters. The molecule has 0 spiro atoms. The highest BCUT2D eigenvalue weighted by Crippen LogP contribution is 2.33. The zero-order valence-electron chi connectivity index (χ0n) is 14.5. The Morgan fingerprint density at radius 1 is 0.958 bits per heavy atom. The summed E-state index contributed by atoms with van der Waals surface area (Å²) in [5.41, 5.74) is 8.22. The second-order valence-electron chi connectivity index (χ2n) is 6.28. The van der Waals surface area contributed by atoms with Crippen LogP contribution in [0.4, 0.5) is 5.69 Å². The number of para-hydroxylation sites is 1. The summed E-state index contributed by atoms with van der Waals surface area (Å²) in [6, 6.07) is 18.4. The van der Waals surface area contributed by atoms with Crippen molar-refractivity contribution in [3.05, 3.63) is 60.2 Å². The zero-order valence-corrected chi connectivity index (χ0v) is 15.3. The molecular weight excluding hydrogens is 314 g/mol. The average Bonchev–Trinajstić information content (AvgIpc) is 2.61. The largest absolute Gasteiger partial charge is 0.398 e. The van der Waals surface area contributed by atoms with E-state index in [9.17, 15) is 5.11 Å². The van der Waals surface area contributed by atoms with Crippen molar-refractivity contribution in [2.75, 3.05) is 5.73 Å². The second kappa shape index (κ2) is 10.4. The number of anilines is 1. The van der Waals surface area contributed by atoms with Gasteiger partial charge in [-0.1, -0.05) is 62.2 Å². The van der Waals surface area contributed by atoms with E-state index in [0.717, 1.165) is 49.1 Å². The minimum Gasteiger partial charge on any atom is -0.398 e. The number of nitrogens with two attached hydrogens (primary N) is 1. The Bertz CT molecular complexity index is 587. The molecule has 0 fully saturated rings. The van der Waals surface area contributed by atoms with Crippen LogP contribution < -0.4 is 5.73 Å². The zero-order chi connectivity index (χ0) is 17.2. The summed E-state index contributed by atoms with van der Waals surface area (Å²) in [5.74, 6) is 0. The van der Waals surface area contributed by atoms with E-state index in [1.54, 1.807) is 11.8 Å². The van der Waals surface area contributed by atoms with Gasteiger partial charge in [0, 0.05) is 15.8 Å². The molecule has 0 aliphatic heterocycles. The van der Waals surface area contributed by atoms with Crippen LogP contribution in [0, 0.1) is 0 Å². The number of nitrogen functional groups attached to an aromatic ring is 1. The highest BCUT2D eigenvalue weighted by molar-refractivity contribution is 8.00. The molecule has 3 heteroatoms. The summed E-state index contributed by atoms with van der Waals surface area (Å²) >= 11 is 1.73. The van der Waals surface area contributed by atoms with Crippen molar-refractivity contribution in [2.45, 2.75) is 61.7 Å². The van der Waals surface area contributed by atoms with Gasteiger partial charge in [0.05, 0.1) is 6.10 Å². The van der Waals surface area contributed by atoms with Gasteiger partial charge < -0.3 is 10.8 Å². The summed E-state index contributed by atoms with van der Waals surface area (Å²) < 4.78 is 0.